The Bertz CT molecular complexity index is 1210. The van der Waals surface area contributed by atoms with Crippen LogP contribution in [-0.2, 0) is 21.4 Å². The van der Waals surface area contributed by atoms with Crippen molar-refractivity contribution in [1.82, 2.24) is 5.32 Å². The van der Waals surface area contributed by atoms with Gasteiger partial charge in [0.15, 0.2) is 0 Å². The maximum absolute atomic E-state index is 13.7. The Morgan fingerprint density at radius 2 is 1.62 bits per heavy atom. The second-order valence-corrected chi connectivity index (χ2v) is 9.92. The Labute approximate surface area is 205 Å². The predicted molar refractivity (Wildman–Crippen MR) is 135 cm³/mol. The van der Waals surface area contributed by atoms with Crippen LogP contribution in [0.5, 0.6) is 11.5 Å². The molecule has 0 aliphatic rings. The number of ether oxygens (including phenoxy) is 2. The first kappa shape index (κ1) is 25.5. The smallest absolute Gasteiger partial charge is 0.264 e. The van der Waals surface area contributed by atoms with Gasteiger partial charge in [0.2, 0.25) is 5.91 Å². The molecule has 3 aromatic carbocycles. The van der Waals surface area contributed by atoms with Crippen molar-refractivity contribution >= 4 is 33.4 Å². The van der Waals surface area contributed by atoms with E-state index in [0.717, 1.165) is 14.8 Å². The van der Waals surface area contributed by atoms with Gasteiger partial charge in [0, 0.05) is 17.0 Å². The van der Waals surface area contributed by atoms with Gasteiger partial charge in [0.05, 0.1) is 24.3 Å². The highest BCUT2D eigenvalue weighted by Gasteiger charge is 2.29. The average molecular weight is 501 g/mol. The number of carbonyl (C=O) groups is 1. The zero-order valence-electron chi connectivity index (χ0n) is 19.4. The summed E-state index contributed by atoms with van der Waals surface area (Å²) in [6, 6.07) is 20.7. The molecule has 34 heavy (non-hydrogen) atoms. The molecule has 0 heterocycles. The SMILES string of the molecule is CCOc1ccccc1N(CC(=O)NCc1ccccc1OC)S(=O)(=O)c1ccc(SC)cc1. The lowest BCUT2D eigenvalue weighted by Gasteiger charge is -2.26. The van der Waals surface area contributed by atoms with E-state index in [-0.39, 0.29) is 11.4 Å². The largest absolute Gasteiger partial charge is 0.496 e. The number of sulfonamides is 1. The van der Waals surface area contributed by atoms with E-state index in [1.165, 1.54) is 11.8 Å². The minimum absolute atomic E-state index is 0.0918. The fraction of sp³-hybridized carbons (Fsp3) is 0.240. The van der Waals surface area contributed by atoms with Crippen molar-refractivity contribution in [3.8, 4) is 11.5 Å². The molecule has 0 spiro atoms. The first-order chi connectivity index (χ1) is 16.4. The summed E-state index contributed by atoms with van der Waals surface area (Å²) in [5, 5.41) is 2.80. The van der Waals surface area contributed by atoms with Gasteiger partial charge in [-0.15, -0.1) is 11.8 Å². The Hall–Kier alpha value is -3.17. The molecule has 0 aliphatic carbocycles. The molecule has 0 aromatic heterocycles. The molecule has 0 fully saturated rings. The highest BCUT2D eigenvalue weighted by atomic mass is 32.2. The number of amides is 1. The second-order valence-electron chi connectivity index (χ2n) is 7.18. The van der Waals surface area contributed by atoms with Gasteiger partial charge in [-0.2, -0.15) is 0 Å². The normalized spacial score (nSPS) is 11.0. The molecule has 9 heteroatoms. The van der Waals surface area contributed by atoms with E-state index in [2.05, 4.69) is 5.32 Å². The van der Waals surface area contributed by atoms with E-state index < -0.39 is 22.5 Å². The van der Waals surface area contributed by atoms with Crippen LogP contribution in [0.15, 0.2) is 82.6 Å². The molecule has 0 unspecified atom stereocenters. The maximum atomic E-state index is 13.7. The van der Waals surface area contributed by atoms with Gasteiger partial charge in [-0.1, -0.05) is 30.3 Å². The number of thioether (sulfide) groups is 1. The number of hydrogen-bond acceptors (Lipinski definition) is 6. The van der Waals surface area contributed by atoms with Crippen molar-refractivity contribution in [3.05, 3.63) is 78.4 Å². The highest BCUT2D eigenvalue weighted by molar-refractivity contribution is 7.98. The van der Waals surface area contributed by atoms with Gasteiger partial charge < -0.3 is 14.8 Å². The third-order valence-electron chi connectivity index (χ3n) is 5.04. The Morgan fingerprint density at radius 3 is 2.26 bits per heavy atom. The fourth-order valence-corrected chi connectivity index (χ4v) is 5.18. The van der Waals surface area contributed by atoms with E-state index in [1.54, 1.807) is 61.7 Å². The monoisotopic (exact) mass is 500 g/mol. The molecule has 0 saturated carbocycles. The number of nitrogens with one attached hydrogen (secondary N) is 1. The molecule has 3 rings (SSSR count). The summed E-state index contributed by atoms with van der Waals surface area (Å²) < 4.78 is 39.4. The van der Waals surface area contributed by atoms with E-state index in [4.69, 9.17) is 9.47 Å². The van der Waals surface area contributed by atoms with Crippen LogP contribution in [0.25, 0.3) is 0 Å². The van der Waals surface area contributed by atoms with E-state index in [0.29, 0.717) is 23.8 Å². The quantitative estimate of drug-likeness (QED) is 0.395. The number of carbonyl (C=O) groups excluding carboxylic acids is 1. The van der Waals surface area contributed by atoms with Crippen molar-refractivity contribution in [3.63, 3.8) is 0 Å². The standard InChI is InChI=1S/C25H28N2O5S2/c1-4-32-24-12-8-6-10-22(24)27(34(29,30)21-15-13-20(33-3)14-16-21)18-25(28)26-17-19-9-5-7-11-23(19)31-2/h5-16H,4,17-18H2,1-3H3,(H,26,28). The lowest BCUT2D eigenvalue weighted by Crippen LogP contribution is -2.41. The first-order valence-electron chi connectivity index (χ1n) is 10.7. The fourth-order valence-electron chi connectivity index (χ4n) is 3.34. The van der Waals surface area contributed by atoms with Gasteiger partial charge >= 0.3 is 0 Å². The third kappa shape index (κ3) is 6.03. The van der Waals surface area contributed by atoms with Crippen LogP contribution in [-0.4, -0.2) is 40.8 Å². The number of rotatable bonds is 11. The molecule has 0 atom stereocenters. The average Bonchev–Trinajstić information content (AvgIpc) is 2.86. The highest BCUT2D eigenvalue weighted by Crippen LogP contribution is 2.33. The molecule has 1 amide bonds. The van der Waals surface area contributed by atoms with Gasteiger partial charge in [-0.25, -0.2) is 8.42 Å². The van der Waals surface area contributed by atoms with Crippen LogP contribution in [0.4, 0.5) is 5.69 Å². The zero-order valence-corrected chi connectivity index (χ0v) is 21.0. The van der Waals surface area contributed by atoms with Crippen molar-refractivity contribution in [2.24, 2.45) is 0 Å². The van der Waals surface area contributed by atoms with Crippen LogP contribution < -0.4 is 19.1 Å². The van der Waals surface area contributed by atoms with Crippen molar-refractivity contribution < 1.29 is 22.7 Å². The summed E-state index contributed by atoms with van der Waals surface area (Å²) in [5.74, 6) is 0.566. The van der Waals surface area contributed by atoms with E-state index in [1.807, 2.05) is 31.4 Å². The molecule has 0 bridgehead atoms. The molecular formula is C25H28N2O5S2. The minimum atomic E-state index is -4.05. The number of nitrogens with zero attached hydrogens (tertiary/aromatic N) is 1. The second kappa shape index (κ2) is 11.8. The van der Waals surface area contributed by atoms with Gasteiger partial charge in [-0.05, 0) is 55.6 Å². The summed E-state index contributed by atoms with van der Waals surface area (Å²) in [6.07, 6.45) is 1.92. The zero-order chi connectivity index (χ0) is 24.6. The molecular weight excluding hydrogens is 472 g/mol. The molecule has 1 N–H and O–H groups in total. The number of methoxy groups -OCH3 is 1. The van der Waals surface area contributed by atoms with Crippen LogP contribution >= 0.6 is 11.8 Å². The van der Waals surface area contributed by atoms with Crippen LogP contribution in [0.2, 0.25) is 0 Å². The summed E-state index contributed by atoms with van der Waals surface area (Å²) in [6.45, 7) is 1.96. The maximum Gasteiger partial charge on any atom is 0.264 e. The summed E-state index contributed by atoms with van der Waals surface area (Å²) in [5.41, 5.74) is 1.08. The predicted octanol–water partition coefficient (Wildman–Crippen LogP) is 4.33. The van der Waals surface area contributed by atoms with Crippen molar-refractivity contribution in [2.75, 3.05) is 30.8 Å². The number of hydrogen-bond donors (Lipinski definition) is 1. The Kier molecular flexibility index (Phi) is 8.84. The van der Waals surface area contributed by atoms with Crippen LogP contribution in [0.3, 0.4) is 0 Å². The summed E-state index contributed by atoms with van der Waals surface area (Å²) >= 11 is 1.52. The summed E-state index contributed by atoms with van der Waals surface area (Å²) in [4.78, 5) is 14.0. The molecule has 0 aliphatic heterocycles. The topological polar surface area (TPSA) is 84.9 Å². The van der Waals surface area contributed by atoms with E-state index in [9.17, 15) is 13.2 Å². The van der Waals surface area contributed by atoms with Crippen molar-refractivity contribution in [2.45, 2.75) is 23.3 Å². The minimum Gasteiger partial charge on any atom is -0.496 e. The third-order valence-corrected chi connectivity index (χ3v) is 7.55. The molecule has 0 saturated heterocycles. The molecule has 7 nitrogen and oxygen atoms in total. The van der Waals surface area contributed by atoms with Crippen LogP contribution in [0, 0.1) is 0 Å². The summed E-state index contributed by atoms with van der Waals surface area (Å²) in [7, 11) is -2.49. The lowest BCUT2D eigenvalue weighted by molar-refractivity contribution is -0.119. The first-order valence-corrected chi connectivity index (χ1v) is 13.3. The Morgan fingerprint density at radius 1 is 0.971 bits per heavy atom. The lowest BCUT2D eigenvalue weighted by atomic mass is 10.2. The number of benzene rings is 3. The van der Waals surface area contributed by atoms with Gasteiger partial charge in [0.25, 0.3) is 10.0 Å². The number of anilines is 1. The van der Waals surface area contributed by atoms with Crippen LogP contribution in [0.1, 0.15) is 12.5 Å². The molecule has 180 valence electrons. The van der Waals surface area contributed by atoms with E-state index >= 15 is 0 Å². The molecule has 3 aromatic rings. The van der Waals surface area contributed by atoms with Gasteiger partial charge in [0.1, 0.15) is 18.0 Å². The number of para-hydroxylation sites is 3. The van der Waals surface area contributed by atoms with Crippen molar-refractivity contribution in [1.29, 1.82) is 0 Å². The van der Waals surface area contributed by atoms with Gasteiger partial charge in [-0.3, -0.25) is 9.10 Å². The Balaban J connectivity index is 1.92. The molecule has 0 radical (unpaired) electrons.